The van der Waals surface area contributed by atoms with E-state index in [1.54, 1.807) is 18.3 Å². The summed E-state index contributed by atoms with van der Waals surface area (Å²) < 4.78 is 0.531. The SMILES string of the molecule is Oc1ccc(-c2cnc(Cl)s2)cc1. The van der Waals surface area contributed by atoms with Crippen LogP contribution in [0.4, 0.5) is 0 Å². The summed E-state index contributed by atoms with van der Waals surface area (Å²) in [5.41, 5.74) is 1.02. The van der Waals surface area contributed by atoms with Gasteiger partial charge in [0.15, 0.2) is 4.47 Å². The largest absolute Gasteiger partial charge is 0.508 e. The molecule has 0 aliphatic rings. The van der Waals surface area contributed by atoms with Crippen LogP contribution in [0.3, 0.4) is 0 Å². The van der Waals surface area contributed by atoms with Crippen LogP contribution in [0, 0.1) is 0 Å². The van der Waals surface area contributed by atoms with Gasteiger partial charge in [0.25, 0.3) is 0 Å². The van der Waals surface area contributed by atoms with E-state index in [2.05, 4.69) is 4.98 Å². The van der Waals surface area contributed by atoms with E-state index >= 15 is 0 Å². The van der Waals surface area contributed by atoms with Crippen LogP contribution in [-0.4, -0.2) is 10.1 Å². The van der Waals surface area contributed by atoms with E-state index in [0.29, 0.717) is 4.47 Å². The Balaban J connectivity index is 2.41. The van der Waals surface area contributed by atoms with Crippen molar-refractivity contribution in [2.75, 3.05) is 0 Å². The molecule has 2 rings (SSSR count). The number of aromatic hydroxyl groups is 1. The Bertz CT molecular complexity index is 410. The Morgan fingerprint density at radius 2 is 1.92 bits per heavy atom. The number of phenols is 1. The first-order valence-electron chi connectivity index (χ1n) is 3.66. The summed E-state index contributed by atoms with van der Waals surface area (Å²) in [5, 5.41) is 9.07. The summed E-state index contributed by atoms with van der Waals surface area (Å²) in [7, 11) is 0. The number of benzene rings is 1. The topological polar surface area (TPSA) is 33.1 Å². The van der Waals surface area contributed by atoms with Gasteiger partial charge in [0.1, 0.15) is 5.75 Å². The lowest BCUT2D eigenvalue weighted by Crippen LogP contribution is -1.70. The van der Waals surface area contributed by atoms with Gasteiger partial charge in [0.05, 0.1) is 4.88 Å². The highest BCUT2D eigenvalue weighted by atomic mass is 35.5. The zero-order valence-electron chi connectivity index (χ0n) is 6.57. The second-order valence-corrected chi connectivity index (χ2v) is 4.14. The highest BCUT2D eigenvalue weighted by Crippen LogP contribution is 2.29. The molecule has 2 aromatic rings. The molecule has 0 amide bonds. The van der Waals surface area contributed by atoms with Gasteiger partial charge in [-0.05, 0) is 29.8 Å². The zero-order chi connectivity index (χ0) is 9.26. The van der Waals surface area contributed by atoms with Crippen LogP contribution in [0.1, 0.15) is 0 Å². The average molecular weight is 212 g/mol. The van der Waals surface area contributed by atoms with Gasteiger partial charge in [-0.15, -0.1) is 11.3 Å². The Morgan fingerprint density at radius 3 is 2.46 bits per heavy atom. The molecule has 0 radical (unpaired) electrons. The second-order valence-electron chi connectivity index (χ2n) is 2.52. The fourth-order valence-corrected chi connectivity index (χ4v) is 1.96. The molecule has 0 spiro atoms. The number of thiazole rings is 1. The second kappa shape index (κ2) is 3.36. The maximum absolute atomic E-state index is 9.07. The lowest BCUT2D eigenvalue weighted by atomic mass is 10.2. The molecular formula is C9H6ClNOS. The standard InChI is InChI=1S/C9H6ClNOS/c10-9-11-5-8(13-9)6-1-3-7(12)4-2-6/h1-5,12H. The summed E-state index contributed by atoms with van der Waals surface area (Å²) in [6.45, 7) is 0. The Labute approximate surface area is 84.4 Å². The van der Waals surface area contributed by atoms with Gasteiger partial charge in [-0.1, -0.05) is 11.6 Å². The molecule has 1 heterocycles. The van der Waals surface area contributed by atoms with Crippen molar-refractivity contribution in [3.8, 4) is 16.2 Å². The van der Waals surface area contributed by atoms with Crippen LogP contribution in [0.25, 0.3) is 10.4 Å². The van der Waals surface area contributed by atoms with Crippen molar-refractivity contribution in [1.29, 1.82) is 0 Å². The molecule has 0 aliphatic carbocycles. The van der Waals surface area contributed by atoms with Gasteiger partial charge in [-0.25, -0.2) is 4.98 Å². The average Bonchev–Trinajstić information content (AvgIpc) is 2.53. The molecule has 2 nitrogen and oxygen atoms in total. The van der Waals surface area contributed by atoms with Crippen molar-refractivity contribution in [2.45, 2.75) is 0 Å². The summed E-state index contributed by atoms with van der Waals surface area (Å²) in [6, 6.07) is 6.95. The zero-order valence-corrected chi connectivity index (χ0v) is 8.14. The highest BCUT2D eigenvalue weighted by molar-refractivity contribution is 7.18. The van der Waals surface area contributed by atoms with Gasteiger partial charge in [-0.2, -0.15) is 0 Å². The van der Waals surface area contributed by atoms with Gasteiger partial charge >= 0.3 is 0 Å². The summed E-state index contributed by atoms with van der Waals surface area (Å²) in [4.78, 5) is 4.94. The maximum atomic E-state index is 9.07. The third-order valence-corrected chi connectivity index (χ3v) is 2.79. The normalized spacial score (nSPS) is 10.2. The molecule has 66 valence electrons. The molecule has 0 bridgehead atoms. The molecule has 0 saturated heterocycles. The molecule has 0 saturated carbocycles. The summed E-state index contributed by atoms with van der Waals surface area (Å²) in [6.07, 6.45) is 1.72. The van der Waals surface area contributed by atoms with E-state index in [1.165, 1.54) is 11.3 Å². The molecular weight excluding hydrogens is 206 g/mol. The number of hydrogen-bond donors (Lipinski definition) is 1. The molecule has 1 N–H and O–H groups in total. The number of hydrogen-bond acceptors (Lipinski definition) is 3. The van der Waals surface area contributed by atoms with E-state index < -0.39 is 0 Å². The van der Waals surface area contributed by atoms with Crippen molar-refractivity contribution >= 4 is 22.9 Å². The van der Waals surface area contributed by atoms with Crippen LogP contribution >= 0.6 is 22.9 Å². The third kappa shape index (κ3) is 1.82. The van der Waals surface area contributed by atoms with Crippen LogP contribution in [0.2, 0.25) is 4.47 Å². The fraction of sp³-hybridized carbons (Fsp3) is 0. The third-order valence-electron chi connectivity index (χ3n) is 1.63. The van der Waals surface area contributed by atoms with Crippen LogP contribution in [0.5, 0.6) is 5.75 Å². The highest BCUT2D eigenvalue weighted by Gasteiger charge is 2.01. The number of phenolic OH excluding ortho intramolecular Hbond substituents is 1. The monoisotopic (exact) mass is 211 g/mol. The van der Waals surface area contributed by atoms with Crippen molar-refractivity contribution in [3.05, 3.63) is 34.9 Å². The van der Waals surface area contributed by atoms with Crippen LogP contribution in [0.15, 0.2) is 30.5 Å². The predicted molar refractivity (Wildman–Crippen MR) is 54.2 cm³/mol. The summed E-state index contributed by atoms with van der Waals surface area (Å²) in [5.74, 6) is 0.263. The van der Waals surface area contributed by atoms with Crippen LogP contribution < -0.4 is 0 Å². The fourth-order valence-electron chi connectivity index (χ4n) is 1.01. The van der Waals surface area contributed by atoms with Crippen molar-refractivity contribution < 1.29 is 5.11 Å². The number of rotatable bonds is 1. The maximum Gasteiger partial charge on any atom is 0.184 e. The van der Waals surface area contributed by atoms with Gasteiger partial charge < -0.3 is 5.11 Å². The number of halogens is 1. The van der Waals surface area contributed by atoms with E-state index in [-0.39, 0.29) is 5.75 Å². The van der Waals surface area contributed by atoms with Crippen LogP contribution in [-0.2, 0) is 0 Å². The van der Waals surface area contributed by atoms with Crippen molar-refractivity contribution in [3.63, 3.8) is 0 Å². The van der Waals surface area contributed by atoms with Gasteiger partial charge in [0, 0.05) is 6.20 Å². The Kier molecular flexibility index (Phi) is 2.20. The van der Waals surface area contributed by atoms with Gasteiger partial charge in [-0.3, -0.25) is 0 Å². The first-order valence-corrected chi connectivity index (χ1v) is 4.86. The van der Waals surface area contributed by atoms with Gasteiger partial charge in [0.2, 0.25) is 0 Å². The Morgan fingerprint density at radius 1 is 1.23 bits per heavy atom. The smallest absolute Gasteiger partial charge is 0.184 e. The Hall–Kier alpha value is -1.06. The first kappa shape index (κ1) is 8.53. The summed E-state index contributed by atoms with van der Waals surface area (Å²) >= 11 is 7.12. The van der Waals surface area contributed by atoms with Crippen molar-refractivity contribution in [2.24, 2.45) is 0 Å². The first-order chi connectivity index (χ1) is 6.25. The minimum Gasteiger partial charge on any atom is -0.508 e. The van der Waals surface area contributed by atoms with Crippen molar-refractivity contribution in [1.82, 2.24) is 4.98 Å². The minimum atomic E-state index is 0.263. The molecule has 4 heteroatoms. The number of nitrogens with zero attached hydrogens (tertiary/aromatic N) is 1. The molecule has 13 heavy (non-hydrogen) atoms. The van der Waals surface area contributed by atoms with E-state index in [1.807, 2.05) is 12.1 Å². The number of aromatic nitrogens is 1. The molecule has 0 aliphatic heterocycles. The molecule has 1 aromatic carbocycles. The van der Waals surface area contributed by atoms with E-state index in [4.69, 9.17) is 16.7 Å². The quantitative estimate of drug-likeness (QED) is 0.786. The molecule has 0 unspecified atom stereocenters. The predicted octanol–water partition coefficient (Wildman–Crippen LogP) is 3.17. The molecule has 0 atom stereocenters. The van der Waals surface area contributed by atoms with E-state index in [9.17, 15) is 0 Å². The van der Waals surface area contributed by atoms with E-state index in [0.717, 1.165) is 10.4 Å². The molecule has 0 fully saturated rings. The lowest BCUT2D eigenvalue weighted by Gasteiger charge is -1.95. The molecule has 1 aromatic heterocycles. The lowest BCUT2D eigenvalue weighted by molar-refractivity contribution is 0.475. The minimum absolute atomic E-state index is 0.263.